The van der Waals surface area contributed by atoms with E-state index < -0.39 is 0 Å². The largest absolute Gasteiger partial charge is 0.399 e. The van der Waals surface area contributed by atoms with Crippen LogP contribution in [0.15, 0.2) is 53.0 Å². The van der Waals surface area contributed by atoms with Crippen LogP contribution in [0.25, 0.3) is 6.08 Å². The molecule has 5 heteroatoms. The minimum absolute atomic E-state index is 0.257. The van der Waals surface area contributed by atoms with Gasteiger partial charge >= 0.3 is 0 Å². The van der Waals surface area contributed by atoms with Crippen molar-refractivity contribution in [2.24, 2.45) is 0 Å². The average molecular weight is 352 g/mol. The predicted molar refractivity (Wildman–Crippen MR) is 87.7 cm³/mol. The van der Waals surface area contributed by atoms with Gasteiger partial charge in [0.2, 0.25) is 5.91 Å². The fourth-order valence-corrected chi connectivity index (χ4v) is 2.13. The molecule has 0 aliphatic rings. The topological polar surface area (TPSA) is 55.1 Å². The third-order valence-corrected chi connectivity index (χ3v) is 3.35. The van der Waals surface area contributed by atoms with Gasteiger partial charge in [0, 0.05) is 16.2 Å². The number of nitrogens with two attached hydrogens (primary N) is 1. The second kappa shape index (κ2) is 6.59. The fourth-order valence-electron chi connectivity index (χ4n) is 1.60. The fraction of sp³-hybridized carbons (Fsp3) is 0. The van der Waals surface area contributed by atoms with E-state index in [1.165, 1.54) is 6.08 Å². The molecule has 3 nitrogen and oxygen atoms in total. The van der Waals surface area contributed by atoms with Crippen LogP contribution >= 0.6 is 27.5 Å². The van der Waals surface area contributed by atoms with Gasteiger partial charge in [-0.3, -0.25) is 4.79 Å². The number of hydrogen-bond acceptors (Lipinski definition) is 2. The summed E-state index contributed by atoms with van der Waals surface area (Å²) in [6, 6.07) is 12.5. The molecule has 2 aromatic carbocycles. The lowest BCUT2D eigenvalue weighted by Gasteiger charge is -2.05. The van der Waals surface area contributed by atoms with Crippen LogP contribution in [0.4, 0.5) is 11.4 Å². The highest BCUT2D eigenvalue weighted by Gasteiger charge is 2.03. The molecular formula is C15H12BrClN2O. The maximum Gasteiger partial charge on any atom is 0.248 e. The van der Waals surface area contributed by atoms with Crippen molar-refractivity contribution in [2.75, 3.05) is 11.1 Å². The van der Waals surface area contributed by atoms with Gasteiger partial charge in [-0.15, -0.1) is 0 Å². The Bertz CT molecular complexity index is 671. The lowest BCUT2D eigenvalue weighted by molar-refractivity contribution is -0.111. The first-order valence-electron chi connectivity index (χ1n) is 5.84. The number of hydrogen-bond donors (Lipinski definition) is 2. The molecule has 0 unspecified atom stereocenters. The van der Waals surface area contributed by atoms with Crippen LogP contribution in [0, 0.1) is 0 Å². The molecule has 0 aromatic heterocycles. The van der Waals surface area contributed by atoms with E-state index >= 15 is 0 Å². The van der Waals surface area contributed by atoms with Gasteiger partial charge in [-0.25, -0.2) is 0 Å². The van der Waals surface area contributed by atoms with Crippen LogP contribution in [0.1, 0.15) is 5.56 Å². The first-order chi connectivity index (χ1) is 9.54. The first kappa shape index (κ1) is 14.6. The molecule has 0 fully saturated rings. The molecule has 0 radical (unpaired) electrons. The molecule has 20 heavy (non-hydrogen) atoms. The predicted octanol–water partition coefficient (Wildman–Crippen LogP) is 4.34. The molecule has 0 heterocycles. The number of halogens is 2. The van der Waals surface area contributed by atoms with E-state index in [0.717, 1.165) is 10.0 Å². The Labute approximate surface area is 130 Å². The molecule has 3 N–H and O–H groups in total. The normalized spacial score (nSPS) is 10.7. The van der Waals surface area contributed by atoms with Crippen molar-refractivity contribution in [3.63, 3.8) is 0 Å². The Balaban J connectivity index is 2.07. The summed E-state index contributed by atoms with van der Waals surface area (Å²) in [6.07, 6.45) is 3.13. The van der Waals surface area contributed by atoms with Crippen LogP contribution in [-0.4, -0.2) is 5.91 Å². The molecule has 102 valence electrons. The number of anilines is 2. The minimum atomic E-state index is -0.257. The Kier molecular flexibility index (Phi) is 4.82. The van der Waals surface area contributed by atoms with E-state index in [4.69, 9.17) is 17.3 Å². The summed E-state index contributed by atoms with van der Waals surface area (Å²) in [5, 5.41) is 3.20. The number of nitrogen functional groups attached to an aromatic ring is 1. The number of amides is 1. The summed E-state index contributed by atoms with van der Waals surface area (Å²) in [5.41, 5.74) is 7.74. The van der Waals surface area contributed by atoms with Crippen molar-refractivity contribution >= 4 is 50.9 Å². The summed E-state index contributed by atoms with van der Waals surface area (Å²) in [7, 11) is 0. The van der Waals surface area contributed by atoms with Gasteiger partial charge in [-0.05, 0) is 42.0 Å². The Hall–Kier alpha value is -1.78. The van der Waals surface area contributed by atoms with Crippen molar-refractivity contribution in [2.45, 2.75) is 0 Å². The third-order valence-electron chi connectivity index (χ3n) is 2.52. The third kappa shape index (κ3) is 4.11. The molecular weight excluding hydrogens is 340 g/mol. The highest BCUT2D eigenvalue weighted by molar-refractivity contribution is 9.10. The average Bonchev–Trinajstić information content (AvgIpc) is 2.41. The van der Waals surface area contributed by atoms with Gasteiger partial charge in [-0.2, -0.15) is 0 Å². The van der Waals surface area contributed by atoms with Crippen LogP contribution < -0.4 is 11.1 Å². The number of carbonyl (C=O) groups is 1. The molecule has 0 aliphatic heterocycles. The van der Waals surface area contributed by atoms with E-state index in [1.807, 2.05) is 12.1 Å². The van der Waals surface area contributed by atoms with Gasteiger partial charge in [-0.1, -0.05) is 39.7 Å². The quantitative estimate of drug-likeness (QED) is 0.638. The second-order valence-corrected chi connectivity index (χ2v) is 5.44. The van der Waals surface area contributed by atoms with Gasteiger partial charge in [0.05, 0.1) is 10.7 Å². The van der Waals surface area contributed by atoms with E-state index in [2.05, 4.69) is 21.2 Å². The minimum Gasteiger partial charge on any atom is -0.399 e. The molecule has 1 amide bonds. The smallest absolute Gasteiger partial charge is 0.248 e. The molecule has 0 atom stereocenters. The zero-order valence-corrected chi connectivity index (χ0v) is 12.8. The summed E-state index contributed by atoms with van der Waals surface area (Å²) in [5.74, 6) is -0.257. The lowest BCUT2D eigenvalue weighted by Crippen LogP contribution is -2.08. The summed E-state index contributed by atoms with van der Waals surface area (Å²) < 4.78 is 0.844. The highest BCUT2D eigenvalue weighted by atomic mass is 79.9. The molecule has 0 aliphatic carbocycles. The van der Waals surface area contributed by atoms with E-state index in [9.17, 15) is 4.79 Å². The van der Waals surface area contributed by atoms with Crippen LogP contribution in [-0.2, 0) is 4.79 Å². The summed E-state index contributed by atoms with van der Waals surface area (Å²) >= 11 is 9.33. The van der Waals surface area contributed by atoms with Crippen molar-refractivity contribution in [3.05, 3.63) is 63.6 Å². The number of nitrogens with one attached hydrogen (secondary N) is 1. The highest BCUT2D eigenvalue weighted by Crippen LogP contribution is 2.25. The van der Waals surface area contributed by atoms with E-state index in [1.54, 1.807) is 36.4 Å². The standard InChI is InChI=1S/C15H12BrClN2O/c16-11-5-6-13(17)14(9-11)19-15(20)7-4-10-2-1-3-12(18)8-10/h1-9H,18H2,(H,19,20)/b7-4+. The molecule has 0 saturated carbocycles. The molecule has 2 aromatic rings. The SMILES string of the molecule is Nc1cccc(/C=C/C(=O)Nc2cc(Br)ccc2Cl)c1. The molecule has 0 saturated heterocycles. The van der Waals surface area contributed by atoms with Crippen molar-refractivity contribution < 1.29 is 4.79 Å². The summed E-state index contributed by atoms with van der Waals surface area (Å²) in [6.45, 7) is 0. The zero-order chi connectivity index (χ0) is 14.5. The number of rotatable bonds is 3. The maximum atomic E-state index is 11.8. The Morgan fingerprint density at radius 1 is 1.25 bits per heavy atom. The number of benzene rings is 2. The van der Waals surface area contributed by atoms with Gasteiger partial charge < -0.3 is 11.1 Å². The second-order valence-electron chi connectivity index (χ2n) is 4.12. The zero-order valence-electron chi connectivity index (χ0n) is 10.4. The Morgan fingerprint density at radius 3 is 2.80 bits per heavy atom. The van der Waals surface area contributed by atoms with Crippen LogP contribution in [0.3, 0.4) is 0 Å². The molecule has 0 bridgehead atoms. The van der Waals surface area contributed by atoms with Gasteiger partial charge in [0.15, 0.2) is 0 Å². The lowest BCUT2D eigenvalue weighted by atomic mass is 10.2. The molecule has 0 spiro atoms. The van der Waals surface area contributed by atoms with Crippen molar-refractivity contribution in [1.82, 2.24) is 0 Å². The van der Waals surface area contributed by atoms with Crippen LogP contribution in [0.2, 0.25) is 5.02 Å². The Morgan fingerprint density at radius 2 is 2.05 bits per heavy atom. The first-order valence-corrected chi connectivity index (χ1v) is 7.01. The van der Waals surface area contributed by atoms with E-state index in [0.29, 0.717) is 16.4 Å². The maximum absolute atomic E-state index is 11.8. The van der Waals surface area contributed by atoms with Gasteiger partial charge in [0.25, 0.3) is 0 Å². The molecule has 2 rings (SSSR count). The monoisotopic (exact) mass is 350 g/mol. The van der Waals surface area contributed by atoms with E-state index in [-0.39, 0.29) is 5.91 Å². The number of carbonyl (C=O) groups excluding carboxylic acids is 1. The van der Waals surface area contributed by atoms with Crippen LogP contribution in [0.5, 0.6) is 0 Å². The van der Waals surface area contributed by atoms with Crippen molar-refractivity contribution in [1.29, 1.82) is 0 Å². The summed E-state index contributed by atoms with van der Waals surface area (Å²) in [4.78, 5) is 11.8. The van der Waals surface area contributed by atoms with Crippen molar-refractivity contribution in [3.8, 4) is 0 Å². The van der Waals surface area contributed by atoms with Gasteiger partial charge in [0.1, 0.15) is 0 Å².